The van der Waals surface area contributed by atoms with Crippen molar-refractivity contribution in [3.63, 3.8) is 0 Å². The summed E-state index contributed by atoms with van der Waals surface area (Å²) in [4.78, 5) is 14.9. The maximum atomic E-state index is 13.0. The van der Waals surface area contributed by atoms with E-state index in [4.69, 9.17) is 5.10 Å². The van der Waals surface area contributed by atoms with Crippen LogP contribution >= 0.6 is 0 Å². The Morgan fingerprint density at radius 3 is 2.32 bits per heavy atom. The minimum atomic E-state index is 0.0627. The van der Waals surface area contributed by atoms with Gasteiger partial charge in [0, 0.05) is 18.7 Å². The smallest absolute Gasteiger partial charge is 0.272 e. The molecule has 0 spiro atoms. The fraction of sp³-hybridized carbons (Fsp3) is 0.238. The Kier molecular flexibility index (Phi) is 4.10. The molecule has 1 aromatic heterocycles. The van der Waals surface area contributed by atoms with E-state index in [0.29, 0.717) is 5.69 Å². The largest absolute Gasteiger partial charge is 0.337 e. The molecule has 1 amide bonds. The highest BCUT2D eigenvalue weighted by atomic mass is 16.2. The fourth-order valence-electron chi connectivity index (χ4n) is 3.25. The van der Waals surface area contributed by atoms with E-state index in [1.165, 1.54) is 5.56 Å². The van der Waals surface area contributed by atoms with Gasteiger partial charge in [-0.2, -0.15) is 5.10 Å². The molecule has 1 aliphatic heterocycles. The number of hydrogen-bond donors (Lipinski definition) is 0. The third-order valence-corrected chi connectivity index (χ3v) is 4.67. The number of carbonyl (C=O) groups is 1. The van der Waals surface area contributed by atoms with E-state index in [1.807, 2.05) is 65.6 Å². The SMILES string of the molecule is Cc1ccc(-n2nc(-c3ccccc3)cc2C(=O)N2CCCC2)cc1. The number of nitrogens with zero attached hydrogens (tertiary/aromatic N) is 3. The fourth-order valence-corrected chi connectivity index (χ4v) is 3.25. The summed E-state index contributed by atoms with van der Waals surface area (Å²) in [5, 5.41) is 4.74. The van der Waals surface area contributed by atoms with Crippen LogP contribution in [0, 0.1) is 6.92 Å². The molecule has 1 aliphatic rings. The summed E-state index contributed by atoms with van der Waals surface area (Å²) in [6, 6.07) is 20.0. The number of aromatic nitrogens is 2. The van der Waals surface area contributed by atoms with E-state index in [1.54, 1.807) is 4.68 Å². The summed E-state index contributed by atoms with van der Waals surface area (Å²) in [7, 11) is 0. The van der Waals surface area contributed by atoms with E-state index in [9.17, 15) is 4.79 Å². The Morgan fingerprint density at radius 1 is 0.960 bits per heavy atom. The van der Waals surface area contributed by atoms with Crippen LogP contribution in [0.2, 0.25) is 0 Å². The monoisotopic (exact) mass is 331 g/mol. The number of likely N-dealkylation sites (tertiary alicyclic amines) is 1. The standard InChI is InChI=1S/C21H21N3O/c1-16-9-11-18(12-10-16)24-20(21(25)23-13-5-6-14-23)15-19(22-24)17-7-3-2-4-8-17/h2-4,7-12,15H,5-6,13-14H2,1H3. The van der Waals surface area contributed by atoms with E-state index in [-0.39, 0.29) is 5.91 Å². The second-order valence-corrected chi connectivity index (χ2v) is 6.53. The highest BCUT2D eigenvalue weighted by molar-refractivity contribution is 5.94. The minimum Gasteiger partial charge on any atom is -0.337 e. The van der Waals surface area contributed by atoms with Gasteiger partial charge in [-0.05, 0) is 38.0 Å². The number of benzene rings is 2. The van der Waals surface area contributed by atoms with E-state index < -0.39 is 0 Å². The molecular weight excluding hydrogens is 310 g/mol. The molecule has 0 atom stereocenters. The Hall–Kier alpha value is -2.88. The predicted octanol–water partition coefficient (Wildman–Crippen LogP) is 4.08. The molecule has 0 radical (unpaired) electrons. The van der Waals surface area contributed by atoms with Crippen molar-refractivity contribution < 1.29 is 4.79 Å². The summed E-state index contributed by atoms with van der Waals surface area (Å²) in [5.74, 6) is 0.0627. The molecule has 126 valence electrons. The van der Waals surface area contributed by atoms with Crippen molar-refractivity contribution in [2.24, 2.45) is 0 Å². The van der Waals surface area contributed by atoms with Gasteiger partial charge < -0.3 is 4.90 Å². The quantitative estimate of drug-likeness (QED) is 0.725. The number of carbonyl (C=O) groups excluding carboxylic acids is 1. The Morgan fingerprint density at radius 2 is 1.64 bits per heavy atom. The zero-order valence-corrected chi connectivity index (χ0v) is 14.4. The van der Waals surface area contributed by atoms with Crippen LogP contribution in [0.4, 0.5) is 0 Å². The first-order valence-electron chi connectivity index (χ1n) is 8.74. The van der Waals surface area contributed by atoms with Crippen molar-refractivity contribution in [3.8, 4) is 16.9 Å². The van der Waals surface area contributed by atoms with Crippen molar-refractivity contribution >= 4 is 5.91 Å². The van der Waals surface area contributed by atoms with Crippen LogP contribution in [0.5, 0.6) is 0 Å². The van der Waals surface area contributed by atoms with Crippen LogP contribution in [-0.4, -0.2) is 33.7 Å². The molecule has 2 aromatic carbocycles. The minimum absolute atomic E-state index is 0.0627. The summed E-state index contributed by atoms with van der Waals surface area (Å²) in [5.41, 5.74) is 4.57. The number of amides is 1. The first-order valence-corrected chi connectivity index (χ1v) is 8.74. The number of rotatable bonds is 3. The number of hydrogen-bond acceptors (Lipinski definition) is 2. The molecule has 4 nitrogen and oxygen atoms in total. The van der Waals surface area contributed by atoms with Crippen LogP contribution in [0.3, 0.4) is 0 Å². The topological polar surface area (TPSA) is 38.1 Å². The lowest BCUT2D eigenvalue weighted by atomic mass is 10.1. The maximum Gasteiger partial charge on any atom is 0.272 e. The molecule has 2 heterocycles. The third kappa shape index (κ3) is 3.07. The van der Waals surface area contributed by atoms with Crippen molar-refractivity contribution in [1.29, 1.82) is 0 Å². The zero-order valence-electron chi connectivity index (χ0n) is 14.4. The van der Waals surface area contributed by atoms with Crippen molar-refractivity contribution in [3.05, 3.63) is 71.9 Å². The Bertz CT molecular complexity index is 875. The summed E-state index contributed by atoms with van der Waals surface area (Å²) in [6.45, 7) is 3.72. The van der Waals surface area contributed by atoms with Gasteiger partial charge in [-0.15, -0.1) is 0 Å². The molecule has 3 aromatic rings. The molecule has 1 saturated heterocycles. The van der Waals surface area contributed by atoms with Gasteiger partial charge in [0.05, 0.1) is 11.4 Å². The average Bonchev–Trinajstić information content (AvgIpc) is 3.33. The average molecular weight is 331 g/mol. The lowest BCUT2D eigenvalue weighted by Gasteiger charge is -2.16. The number of aryl methyl sites for hydroxylation is 1. The van der Waals surface area contributed by atoms with E-state index in [2.05, 4.69) is 6.92 Å². The summed E-state index contributed by atoms with van der Waals surface area (Å²) >= 11 is 0. The second-order valence-electron chi connectivity index (χ2n) is 6.53. The van der Waals surface area contributed by atoms with Crippen molar-refractivity contribution in [1.82, 2.24) is 14.7 Å². The molecule has 25 heavy (non-hydrogen) atoms. The molecule has 0 bridgehead atoms. The van der Waals surface area contributed by atoms with Gasteiger partial charge in [0.1, 0.15) is 5.69 Å². The Labute approximate surface area is 147 Å². The van der Waals surface area contributed by atoms with E-state index >= 15 is 0 Å². The van der Waals surface area contributed by atoms with Crippen LogP contribution in [0.1, 0.15) is 28.9 Å². The van der Waals surface area contributed by atoms with Crippen LogP contribution < -0.4 is 0 Å². The van der Waals surface area contributed by atoms with Gasteiger partial charge >= 0.3 is 0 Å². The first-order chi connectivity index (χ1) is 12.2. The normalized spacial score (nSPS) is 14.0. The van der Waals surface area contributed by atoms with Crippen LogP contribution in [0.25, 0.3) is 16.9 Å². The van der Waals surface area contributed by atoms with Gasteiger partial charge in [0.15, 0.2) is 0 Å². The molecular formula is C21H21N3O. The highest BCUT2D eigenvalue weighted by Gasteiger charge is 2.24. The molecule has 0 N–H and O–H groups in total. The summed E-state index contributed by atoms with van der Waals surface area (Å²) in [6.07, 6.45) is 2.16. The molecule has 1 fully saturated rings. The van der Waals surface area contributed by atoms with Gasteiger partial charge in [0.25, 0.3) is 5.91 Å². The zero-order chi connectivity index (χ0) is 17.2. The van der Waals surface area contributed by atoms with E-state index in [0.717, 1.165) is 42.9 Å². The van der Waals surface area contributed by atoms with Crippen molar-refractivity contribution in [2.75, 3.05) is 13.1 Å². The van der Waals surface area contributed by atoms with Gasteiger partial charge in [0.2, 0.25) is 0 Å². The molecule has 0 saturated carbocycles. The molecule has 0 unspecified atom stereocenters. The summed E-state index contributed by atoms with van der Waals surface area (Å²) < 4.78 is 1.78. The second kappa shape index (κ2) is 6.55. The van der Waals surface area contributed by atoms with Gasteiger partial charge in [-0.1, -0.05) is 48.0 Å². The Balaban J connectivity index is 1.81. The van der Waals surface area contributed by atoms with Crippen LogP contribution in [0.15, 0.2) is 60.7 Å². The lowest BCUT2D eigenvalue weighted by molar-refractivity contribution is 0.0784. The van der Waals surface area contributed by atoms with Gasteiger partial charge in [-0.3, -0.25) is 4.79 Å². The third-order valence-electron chi connectivity index (χ3n) is 4.67. The molecule has 4 heteroatoms. The maximum absolute atomic E-state index is 13.0. The lowest BCUT2D eigenvalue weighted by Crippen LogP contribution is -2.29. The van der Waals surface area contributed by atoms with Crippen molar-refractivity contribution in [2.45, 2.75) is 19.8 Å². The predicted molar refractivity (Wildman–Crippen MR) is 98.9 cm³/mol. The molecule has 4 rings (SSSR count). The molecule has 0 aliphatic carbocycles. The van der Waals surface area contributed by atoms with Crippen LogP contribution in [-0.2, 0) is 0 Å². The highest BCUT2D eigenvalue weighted by Crippen LogP contribution is 2.24. The van der Waals surface area contributed by atoms with Gasteiger partial charge in [-0.25, -0.2) is 4.68 Å². The first kappa shape index (κ1) is 15.6.